The van der Waals surface area contributed by atoms with Gasteiger partial charge in [-0.15, -0.1) is 0 Å². The summed E-state index contributed by atoms with van der Waals surface area (Å²) in [5.41, 5.74) is 0.581. The molecule has 0 saturated carbocycles. The van der Waals surface area contributed by atoms with Gasteiger partial charge in [0.1, 0.15) is 5.82 Å². The maximum atomic E-state index is 5.74. The van der Waals surface area contributed by atoms with Crippen LogP contribution in [0, 0.1) is 0 Å². The van der Waals surface area contributed by atoms with Crippen molar-refractivity contribution in [1.29, 1.82) is 0 Å². The molecule has 7 nitrogen and oxygen atoms in total. The average Bonchev–Trinajstić information content (AvgIpc) is 2.84. The van der Waals surface area contributed by atoms with Gasteiger partial charge >= 0.3 is 0 Å². The molecule has 0 aliphatic carbocycles. The Bertz CT molecular complexity index is 593. The van der Waals surface area contributed by atoms with Crippen LogP contribution in [0.15, 0.2) is 6.20 Å². The van der Waals surface area contributed by atoms with Crippen molar-refractivity contribution in [3.05, 3.63) is 6.20 Å². The minimum Gasteiger partial charge on any atom is -0.372 e. The van der Waals surface area contributed by atoms with E-state index in [0.717, 1.165) is 29.9 Å². The molecule has 0 radical (unpaired) electrons. The molecule has 2 aromatic rings. The minimum absolute atomic E-state index is 0.168. The second-order valence-corrected chi connectivity index (χ2v) is 5.28. The van der Waals surface area contributed by atoms with Crippen LogP contribution in [0.25, 0.3) is 11.0 Å². The van der Waals surface area contributed by atoms with Gasteiger partial charge in [-0.2, -0.15) is 15.1 Å². The van der Waals surface area contributed by atoms with Crippen LogP contribution in [0.5, 0.6) is 0 Å². The first-order chi connectivity index (χ1) is 9.09. The lowest BCUT2D eigenvalue weighted by Gasteiger charge is -2.38. The lowest BCUT2D eigenvalue weighted by molar-refractivity contribution is -0.0278. The smallest absolute Gasteiger partial charge is 0.226 e. The molecule has 1 fully saturated rings. The molecule has 1 aliphatic rings. The Kier molecular flexibility index (Phi) is 2.78. The van der Waals surface area contributed by atoms with Gasteiger partial charge < -0.3 is 15.0 Å². The molecule has 0 unspecified atom stereocenters. The Morgan fingerprint density at radius 1 is 1.42 bits per heavy atom. The van der Waals surface area contributed by atoms with E-state index >= 15 is 0 Å². The summed E-state index contributed by atoms with van der Waals surface area (Å²) in [6, 6.07) is 0. The first kappa shape index (κ1) is 12.2. The maximum absolute atomic E-state index is 5.74. The van der Waals surface area contributed by atoms with Gasteiger partial charge in [0.25, 0.3) is 0 Å². The highest BCUT2D eigenvalue weighted by atomic mass is 16.5. The SMILES string of the molecule is CNc1nc(N2CCOC(C)(C)C2)c2cn[nH]c2n1. The number of aromatic amines is 1. The van der Waals surface area contributed by atoms with Gasteiger partial charge in [-0.1, -0.05) is 0 Å². The van der Waals surface area contributed by atoms with Crippen LogP contribution in [-0.4, -0.2) is 52.5 Å². The summed E-state index contributed by atoms with van der Waals surface area (Å²) in [5, 5.41) is 10.9. The topological polar surface area (TPSA) is 79.0 Å². The molecule has 3 rings (SSSR count). The molecule has 102 valence electrons. The standard InChI is InChI=1S/C12H18N6O/c1-12(2)7-18(4-5-19-12)10-8-6-14-17-9(8)15-11(13-3)16-10/h6H,4-5,7H2,1-3H3,(H2,13,14,15,16,17). The Morgan fingerprint density at radius 3 is 3.00 bits per heavy atom. The van der Waals surface area contributed by atoms with Crippen LogP contribution >= 0.6 is 0 Å². The van der Waals surface area contributed by atoms with Crippen LogP contribution in [0.2, 0.25) is 0 Å². The fraction of sp³-hybridized carbons (Fsp3) is 0.583. The van der Waals surface area contributed by atoms with Crippen molar-refractivity contribution < 1.29 is 4.74 Å². The summed E-state index contributed by atoms with van der Waals surface area (Å²) >= 11 is 0. The third kappa shape index (κ3) is 2.21. The number of rotatable bonds is 2. The molecule has 2 N–H and O–H groups in total. The number of H-pyrrole nitrogens is 1. The quantitative estimate of drug-likeness (QED) is 0.841. The predicted octanol–water partition coefficient (Wildman–Crippen LogP) is 1.01. The number of morpholine rings is 1. The summed E-state index contributed by atoms with van der Waals surface area (Å²) in [5.74, 6) is 1.50. The number of nitrogens with zero attached hydrogens (tertiary/aromatic N) is 4. The molecular formula is C12H18N6O. The number of nitrogens with one attached hydrogen (secondary N) is 2. The number of hydrogen-bond donors (Lipinski definition) is 2. The molecular weight excluding hydrogens is 244 g/mol. The Morgan fingerprint density at radius 2 is 2.26 bits per heavy atom. The average molecular weight is 262 g/mol. The van der Waals surface area contributed by atoms with Gasteiger partial charge in [0.2, 0.25) is 5.95 Å². The van der Waals surface area contributed by atoms with E-state index in [0.29, 0.717) is 12.6 Å². The van der Waals surface area contributed by atoms with Crippen molar-refractivity contribution in [2.75, 3.05) is 37.0 Å². The van der Waals surface area contributed by atoms with E-state index in [1.165, 1.54) is 0 Å². The first-order valence-corrected chi connectivity index (χ1v) is 6.37. The van der Waals surface area contributed by atoms with Crippen molar-refractivity contribution >= 4 is 22.8 Å². The number of fused-ring (bicyclic) bond motifs is 1. The normalized spacial score (nSPS) is 18.8. The Balaban J connectivity index is 2.05. The number of aromatic nitrogens is 4. The second-order valence-electron chi connectivity index (χ2n) is 5.28. The van der Waals surface area contributed by atoms with Gasteiger partial charge in [-0.25, -0.2) is 0 Å². The van der Waals surface area contributed by atoms with Crippen LogP contribution < -0.4 is 10.2 Å². The summed E-state index contributed by atoms with van der Waals surface area (Å²) in [7, 11) is 1.81. The zero-order chi connectivity index (χ0) is 13.5. The van der Waals surface area contributed by atoms with E-state index < -0.39 is 0 Å². The monoisotopic (exact) mass is 262 g/mol. The van der Waals surface area contributed by atoms with Crippen LogP contribution in [0.1, 0.15) is 13.8 Å². The van der Waals surface area contributed by atoms with Gasteiger partial charge in [0.15, 0.2) is 5.65 Å². The van der Waals surface area contributed by atoms with Gasteiger partial charge in [0.05, 0.1) is 23.8 Å². The van der Waals surface area contributed by atoms with E-state index in [4.69, 9.17) is 4.74 Å². The van der Waals surface area contributed by atoms with Crippen molar-refractivity contribution in [3.63, 3.8) is 0 Å². The van der Waals surface area contributed by atoms with E-state index in [-0.39, 0.29) is 5.60 Å². The fourth-order valence-electron chi connectivity index (χ4n) is 2.37. The predicted molar refractivity (Wildman–Crippen MR) is 73.5 cm³/mol. The van der Waals surface area contributed by atoms with E-state index in [1.54, 1.807) is 6.20 Å². The molecule has 1 aliphatic heterocycles. The lowest BCUT2D eigenvalue weighted by Crippen LogP contribution is -2.48. The Labute approximate surface area is 111 Å². The summed E-state index contributed by atoms with van der Waals surface area (Å²) < 4.78 is 5.74. The molecule has 1 saturated heterocycles. The van der Waals surface area contributed by atoms with Crippen molar-refractivity contribution in [2.24, 2.45) is 0 Å². The van der Waals surface area contributed by atoms with E-state index in [1.807, 2.05) is 7.05 Å². The zero-order valence-electron chi connectivity index (χ0n) is 11.4. The number of anilines is 2. The van der Waals surface area contributed by atoms with Gasteiger partial charge in [-0.05, 0) is 13.8 Å². The molecule has 2 aromatic heterocycles. The second kappa shape index (κ2) is 4.34. The summed E-state index contributed by atoms with van der Waals surface area (Å²) in [6.45, 7) is 6.50. The van der Waals surface area contributed by atoms with Gasteiger partial charge in [-0.3, -0.25) is 5.10 Å². The van der Waals surface area contributed by atoms with Gasteiger partial charge in [0, 0.05) is 20.1 Å². The number of ether oxygens (including phenoxy) is 1. The third-order valence-electron chi connectivity index (χ3n) is 3.24. The van der Waals surface area contributed by atoms with Crippen molar-refractivity contribution in [2.45, 2.75) is 19.4 Å². The molecule has 0 atom stereocenters. The van der Waals surface area contributed by atoms with E-state index in [9.17, 15) is 0 Å². The molecule has 0 bridgehead atoms. The van der Waals surface area contributed by atoms with Crippen molar-refractivity contribution in [1.82, 2.24) is 20.2 Å². The molecule has 0 spiro atoms. The summed E-state index contributed by atoms with van der Waals surface area (Å²) in [4.78, 5) is 11.1. The molecule has 0 amide bonds. The first-order valence-electron chi connectivity index (χ1n) is 6.37. The summed E-state index contributed by atoms with van der Waals surface area (Å²) in [6.07, 6.45) is 1.77. The molecule has 0 aromatic carbocycles. The van der Waals surface area contributed by atoms with Crippen LogP contribution in [0.4, 0.5) is 11.8 Å². The lowest BCUT2D eigenvalue weighted by atomic mass is 10.1. The maximum Gasteiger partial charge on any atom is 0.226 e. The highest BCUT2D eigenvalue weighted by Gasteiger charge is 2.29. The highest BCUT2D eigenvalue weighted by Crippen LogP contribution is 2.27. The highest BCUT2D eigenvalue weighted by molar-refractivity contribution is 5.87. The fourth-order valence-corrected chi connectivity index (χ4v) is 2.37. The van der Waals surface area contributed by atoms with Crippen LogP contribution in [-0.2, 0) is 4.74 Å². The van der Waals surface area contributed by atoms with E-state index in [2.05, 4.69) is 44.2 Å². The Hall–Kier alpha value is -1.89. The minimum atomic E-state index is -0.168. The largest absolute Gasteiger partial charge is 0.372 e. The molecule has 3 heterocycles. The van der Waals surface area contributed by atoms with Crippen LogP contribution in [0.3, 0.4) is 0 Å². The van der Waals surface area contributed by atoms with Crippen molar-refractivity contribution in [3.8, 4) is 0 Å². The molecule has 19 heavy (non-hydrogen) atoms. The number of hydrogen-bond acceptors (Lipinski definition) is 6. The zero-order valence-corrected chi connectivity index (χ0v) is 11.4. The molecule has 7 heteroatoms. The third-order valence-corrected chi connectivity index (χ3v) is 3.24.